The number of benzene rings is 1. The van der Waals surface area contributed by atoms with Crippen LogP contribution in [0.3, 0.4) is 0 Å². The van der Waals surface area contributed by atoms with Crippen molar-refractivity contribution >= 4 is 5.96 Å². The van der Waals surface area contributed by atoms with E-state index in [4.69, 9.17) is 4.74 Å². The minimum atomic E-state index is -0.656. The van der Waals surface area contributed by atoms with Gasteiger partial charge < -0.3 is 20.5 Å². The number of hydrogen-bond acceptors (Lipinski definition) is 4. The highest BCUT2D eigenvalue weighted by molar-refractivity contribution is 5.80. The Labute approximate surface area is 172 Å². The maximum Gasteiger partial charge on any atom is 0.191 e. The van der Waals surface area contributed by atoms with Crippen LogP contribution < -0.4 is 15.4 Å². The Hall–Kier alpha value is -2.60. The van der Waals surface area contributed by atoms with Crippen molar-refractivity contribution in [3.8, 4) is 5.75 Å². The largest absolute Gasteiger partial charge is 0.487 e. The van der Waals surface area contributed by atoms with Crippen molar-refractivity contribution in [2.75, 3.05) is 13.1 Å². The van der Waals surface area contributed by atoms with Gasteiger partial charge in [-0.05, 0) is 56.4 Å². The number of fused-ring (bicyclic) bond motifs is 1. The molecule has 1 saturated carbocycles. The van der Waals surface area contributed by atoms with E-state index in [0.29, 0.717) is 0 Å². The first-order chi connectivity index (χ1) is 14.2. The van der Waals surface area contributed by atoms with Crippen molar-refractivity contribution in [3.63, 3.8) is 0 Å². The molecule has 1 fully saturated rings. The maximum atomic E-state index is 10.5. The number of guanidine groups is 1. The molecule has 2 atom stereocenters. The number of aliphatic hydroxyl groups excluding tert-OH is 1. The SMILES string of the molecule is CCNC(=NCC(O)c1ccncc1)NC1CC2(CCCC2)Oc2ccccc21. The van der Waals surface area contributed by atoms with E-state index < -0.39 is 6.10 Å². The lowest BCUT2D eigenvalue weighted by molar-refractivity contribution is 0.0395. The second-order valence-corrected chi connectivity index (χ2v) is 7.95. The van der Waals surface area contributed by atoms with Crippen LogP contribution in [0, 0.1) is 0 Å². The van der Waals surface area contributed by atoms with Crippen LogP contribution in [-0.2, 0) is 0 Å². The molecule has 0 bridgehead atoms. The number of aromatic nitrogens is 1. The van der Waals surface area contributed by atoms with E-state index in [9.17, 15) is 5.11 Å². The molecule has 6 heteroatoms. The second kappa shape index (κ2) is 8.82. The summed E-state index contributed by atoms with van der Waals surface area (Å²) < 4.78 is 6.46. The van der Waals surface area contributed by atoms with Gasteiger partial charge in [0.05, 0.1) is 18.7 Å². The lowest BCUT2D eigenvalue weighted by Crippen LogP contribution is -2.46. The number of rotatable bonds is 5. The predicted octanol–water partition coefficient (Wildman–Crippen LogP) is 3.51. The number of hydrogen-bond donors (Lipinski definition) is 3. The molecular weight excluding hydrogens is 364 g/mol. The first-order valence-electron chi connectivity index (χ1n) is 10.6. The lowest BCUT2D eigenvalue weighted by atomic mass is 9.86. The summed E-state index contributed by atoms with van der Waals surface area (Å²) in [6.45, 7) is 3.09. The topological polar surface area (TPSA) is 78.8 Å². The molecule has 3 N–H and O–H groups in total. The van der Waals surface area contributed by atoms with E-state index >= 15 is 0 Å². The Bertz CT molecular complexity index is 834. The fourth-order valence-electron chi connectivity index (χ4n) is 4.43. The molecule has 1 aliphatic carbocycles. The van der Waals surface area contributed by atoms with Crippen molar-refractivity contribution in [2.45, 2.75) is 56.8 Å². The van der Waals surface area contributed by atoms with Gasteiger partial charge in [-0.25, -0.2) is 0 Å². The monoisotopic (exact) mass is 394 g/mol. The van der Waals surface area contributed by atoms with Gasteiger partial charge >= 0.3 is 0 Å². The molecule has 2 aliphatic rings. The van der Waals surface area contributed by atoms with Gasteiger partial charge in [0.15, 0.2) is 5.96 Å². The molecule has 29 heavy (non-hydrogen) atoms. The van der Waals surface area contributed by atoms with Crippen LogP contribution in [0.25, 0.3) is 0 Å². The molecule has 1 aromatic heterocycles. The molecule has 0 saturated heterocycles. The Morgan fingerprint density at radius 3 is 2.76 bits per heavy atom. The van der Waals surface area contributed by atoms with E-state index in [1.54, 1.807) is 12.4 Å². The van der Waals surface area contributed by atoms with Crippen molar-refractivity contribution in [2.24, 2.45) is 4.99 Å². The van der Waals surface area contributed by atoms with E-state index in [1.807, 2.05) is 25.1 Å². The Balaban J connectivity index is 1.52. The zero-order chi connectivity index (χ0) is 20.1. The molecule has 6 nitrogen and oxygen atoms in total. The Morgan fingerprint density at radius 1 is 1.24 bits per heavy atom. The van der Waals surface area contributed by atoms with Gasteiger partial charge in [0.1, 0.15) is 11.4 Å². The summed E-state index contributed by atoms with van der Waals surface area (Å²) >= 11 is 0. The highest BCUT2D eigenvalue weighted by Gasteiger charge is 2.43. The van der Waals surface area contributed by atoms with E-state index in [2.05, 4.69) is 38.8 Å². The molecular formula is C23H30N4O2. The summed E-state index contributed by atoms with van der Waals surface area (Å²) in [6.07, 6.45) is 8.31. The summed E-state index contributed by atoms with van der Waals surface area (Å²) in [5, 5.41) is 17.4. The zero-order valence-electron chi connectivity index (χ0n) is 17.0. The number of aliphatic hydroxyl groups is 1. The molecule has 1 aromatic carbocycles. The van der Waals surface area contributed by atoms with Gasteiger partial charge in [-0.15, -0.1) is 0 Å². The molecule has 154 valence electrons. The summed E-state index contributed by atoms with van der Waals surface area (Å²) in [6, 6.07) is 12.1. The summed E-state index contributed by atoms with van der Waals surface area (Å²) in [4.78, 5) is 8.66. The Morgan fingerprint density at radius 2 is 2.00 bits per heavy atom. The molecule has 2 heterocycles. The van der Waals surface area contributed by atoms with Gasteiger partial charge in [-0.2, -0.15) is 0 Å². The summed E-state index contributed by atoms with van der Waals surface area (Å²) in [5.41, 5.74) is 1.92. The van der Waals surface area contributed by atoms with E-state index in [1.165, 1.54) is 18.4 Å². The van der Waals surface area contributed by atoms with Gasteiger partial charge in [-0.3, -0.25) is 9.98 Å². The van der Waals surface area contributed by atoms with Gasteiger partial charge in [0, 0.05) is 30.9 Å². The van der Waals surface area contributed by atoms with Crippen LogP contribution in [0.5, 0.6) is 5.75 Å². The first kappa shape index (κ1) is 19.7. The van der Waals surface area contributed by atoms with Crippen LogP contribution in [0.15, 0.2) is 53.8 Å². The quantitative estimate of drug-likeness (QED) is 0.534. The number of aliphatic imine (C=N–C) groups is 1. The van der Waals surface area contributed by atoms with Crippen molar-refractivity contribution in [1.82, 2.24) is 15.6 Å². The third-order valence-corrected chi connectivity index (χ3v) is 5.88. The van der Waals surface area contributed by atoms with Crippen molar-refractivity contribution in [3.05, 3.63) is 59.9 Å². The average Bonchev–Trinajstić information content (AvgIpc) is 3.19. The number of nitrogens with one attached hydrogen (secondary N) is 2. The highest BCUT2D eigenvalue weighted by Crippen LogP contribution is 2.46. The fraction of sp³-hybridized carbons (Fsp3) is 0.478. The second-order valence-electron chi connectivity index (χ2n) is 7.95. The number of nitrogens with zero attached hydrogens (tertiary/aromatic N) is 2. The average molecular weight is 395 g/mol. The van der Waals surface area contributed by atoms with Crippen LogP contribution in [0.2, 0.25) is 0 Å². The predicted molar refractivity (Wildman–Crippen MR) is 114 cm³/mol. The van der Waals surface area contributed by atoms with E-state index in [-0.39, 0.29) is 18.2 Å². The van der Waals surface area contributed by atoms with Gasteiger partial charge in [0.25, 0.3) is 0 Å². The van der Waals surface area contributed by atoms with Gasteiger partial charge in [0.2, 0.25) is 0 Å². The number of ether oxygens (including phenoxy) is 1. The summed E-state index contributed by atoms with van der Waals surface area (Å²) in [5.74, 6) is 1.70. The van der Waals surface area contributed by atoms with E-state index in [0.717, 1.165) is 43.1 Å². The van der Waals surface area contributed by atoms with Crippen molar-refractivity contribution < 1.29 is 9.84 Å². The molecule has 0 amide bonds. The third kappa shape index (κ3) is 4.53. The van der Waals surface area contributed by atoms with Crippen molar-refractivity contribution in [1.29, 1.82) is 0 Å². The smallest absolute Gasteiger partial charge is 0.191 e. The lowest BCUT2D eigenvalue weighted by Gasteiger charge is -2.40. The highest BCUT2D eigenvalue weighted by atomic mass is 16.5. The molecule has 1 aliphatic heterocycles. The third-order valence-electron chi connectivity index (χ3n) is 5.88. The summed E-state index contributed by atoms with van der Waals surface area (Å²) in [7, 11) is 0. The molecule has 4 rings (SSSR count). The molecule has 1 spiro atoms. The number of pyridine rings is 1. The first-order valence-corrected chi connectivity index (χ1v) is 10.6. The van der Waals surface area contributed by atoms with Crippen LogP contribution in [-0.4, -0.2) is 34.7 Å². The van der Waals surface area contributed by atoms with Crippen LogP contribution in [0.4, 0.5) is 0 Å². The zero-order valence-corrected chi connectivity index (χ0v) is 17.0. The molecule has 0 radical (unpaired) electrons. The minimum Gasteiger partial charge on any atom is -0.487 e. The molecule has 2 unspecified atom stereocenters. The number of para-hydroxylation sites is 1. The van der Waals surface area contributed by atoms with Gasteiger partial charge in [-0.1, -0.05) is 18.2 Å². The normalized spacial score (nSPS) is 21.3. The molecule has 2 aromatic rings. The maximum absolute atomic E-state index is 10.5. The Kier molecular flexibility index (Phi) is 6.00. The standard InChI is InChI=1S/C23H30N4O2/c1-2-25-22(26-16-20(28)17-9-13-24-14-10-17)27-19-15-23(11-5-6-12-23)29-21-8-4-3-7-18(19)21/h3-4,7-10,13-14,19-20,28H,2,5-6,11-12,15-16H2,1H3,(H2,25,26,27). The fourth-order valence-corrected chi connectivity index (χ4v) is 4.43. The van der Waals surface area contributed by atoms with Crippen LogP contribution >= 0.6 is 0 Å². The van der Waals surface area contributed by atoms with Crippen LogP contribution in [0.1, 0.15) is 62.3 Å². The minimum absolute atomic E-state index is 0.0695.